The van der Waals surface area contributed by atoms with E-state index in [0.717, 1.165) is 0 Å². The van der Waals surface area contributed by atoms with Gasteiger partial charge in [-0.05, 0) is 12.1 Å². The van der Waals surface area contributed by atoms with E-state index >= 15 is 0 Å². The summed E-state index contributed by atoms with van der Waals surface area (Å²) < 4.78 is 0. The summed E-state index contributed by atoms with van der Waals surface area (Å²) in [6, 6.07) is 7.93. The highest BCUT2D eigenvalue weighted by molar-refractivity contribution is 7.66. The Hall–Kier alpha value is -0.180. The van der Waals surface area contributed by atoms with E-state index in [1.165, 1.54) is 12.1 Å². The molecule has 0 aromatic heterocycles. The Labute approximate surface area is 71.3 Å². The molecule has 0 radical (unpaired) electrons. The zero-order chi connectivity index (χ0) is 7.61. The van der Waals surface area contributed by atoms with Gasteiger partial charge in [0.15, 0.2) is 5.30 Å². The molecule has 0 amide bonds. The third-order valence-electron chi connectivity index (χ3n) is 1.10. The molecular formula is C6H9ClO3P+. The fourth-order valence-corrected chi connectivity index (χ4v) is 1.20. The first-order valence-corrected chi connectivity index (χ1v) is 4.38. The van der Waals surface area contributed by atoms with Gasteiger partial charge in [-0.15, -0.1) is 12.4 Å². The van der Waals surface area contributed by atoms with E-state index in [0.29, 0.717) is 0 Å². The molecule has 0 saturated carbocycles. The van der Waals surface area contributed by atoms with Crippen LogP contribution in [-0.4, -0.2) is 14.7 Å². The van der Waals surface area contributed by atoms with Crippen molar-refractivity contribution in [3.8, 4) is 0 Å². The molecule has 5 heteroatoms. The number of hydrogen-bond donors (Lipinski definition) is 3. The number of rotatable bonds is 1. The van der Waals surface area contributed by atoms with E-state index in [-0.39, 0.29) is 17.7 Å². The Balaban J connectivity index is 0.000001000. The molecule has 0 aliphatic rings. The van der Waals surface area contributed by atoms with Crippen molar-refractivity contribution >= 4 is 25.7 Å². The lowest BCUT2D eigenvalue weighted by atomic mass is 10.4. The number of benzene rings is 1. The number of halogens is 1. The van der Waals surface area contributed by atoms with Gasteiger partial charge in [0, 0.05) is 0 Å². The van der Waals surface area contributed by atoms with Gasteiger partial charge in [-0.1, -0.05) is 18.2 Å². The predicted molar refractivity (Wildman–Crippen MR) is 46.9 cm³/mol. The minimum atomic E-state index is -3.77. The maximum absolute atomic E-state index is 8.71. The third kappa shape index (κ3) is 3.14. The summed E-state index contributed by atoms with van der Waals surface area (Å²) in [5, 5.41) is 0.176. The fourth-order valence-electron chi connectivity index (χ4n) is 0.628. The highest BCUT2D eigenvalue weighted by atomic mass is 35.5. The molecule has 1 aromatic carbocycles. The van der Waals surface area contributed by atoms with E-state index in [2.05, 4.69) is 0 Å². The van der Waals surface area contributed by atoms with Crippen LogP contribution in [0.3, 0.4) is 0 Å². The van der Waals surface area contributed by atoms with Crippen molar-refractivity contribution < 1.29 is 14.7 Å². The van der Waals surface area contributed by atoms with Crippen molar-refractivity contribution in [2.75, 3.05) is 0 Å². The summed E-state index contributed by atoms with van der Waals surface area (Å²) in [6.45, 7) is 0. The lowest BCUT2D eigenvalue weighted by molar-refractivity contribution is 0.347. The van der Waals surface area contributed by atoms with E-state index in [9.17, 15) is 0 Å². The molecule has 0 aliphatic carbocycles. The monoisotopic (exact) mass is 195 g/mol. The molecule has 0 spiro atoms. The SMILES string of the molecule is Cl.O[P+](O)(O)c1ccccc1. The maximum Gasteiger partial charge on any atom is 0.440 e. The van der Waals surface area contributed by atoms with E-state index in [4.69, 9.17) is 14.7 Å². The zero-order valence-corrected chi connectivity index (χ0v) is 7.29. The molecule has 0 aliphatic heterocycles. The lowest BCUT2D eigenvalue weighted by Gasteiger charge is -2.00. The lowest BCUT2D eigenvalue weighted by Crippen LogP contribution is -2.07. The molecule has 0 fully saturated rings. The second-order valence-electron chi connectivity index (χ2n) is 1.90. The van der Waals surface area contributed by atoms with Gasteiger partial charge in [0.25, 0.3) is 0 Å². The molecule has 0 saturated heterocycles. The minimum absolute atomic E-state index is 0. The van der Waals surface area contributed by atoms with Crippen LogP contribution < -0.4 is 5.30 Å². The highest BCUT2D eigenvalue weighted by Gasteiger charge is 2.32. The van der Waals surface area contributed by atoms with Crippen LogP contribution in [0.5, 0.6) is 0 Å². The highest BCUT2D eigenvalue weighted by Crippen LogP contribution is 2.42. The van der Waals surface area contributed by atoms with Crippen molar-refractivity contribution in [2.45, 2.75) is 0 Å². The Morgan fingerprint density at radius 2 is 1.36 bits per heavy atom. The van der Waals surface area contributed by atoms with E-state index < -0.39 is 7.94 Å². The minimum Gasteiger partial charge on any atom is -0.189 e. The average Bonchev–Trinajstić information content (AvgIpc) is 1.88. The normalized spacial score (nSPS) is 10.5. The Bertz CT molecular complexity index is 209. The van der Waals surface area contributed by atoms with Gasteiger partial charge >= 0.3 is 7.94 Å². The molecule has 3 nitrogen and oxygen atoms in total. The van der Waals surface area contributed by atoms with Crippen molar-refractivity contribution in [1.29, 1.82) is 0 Å². The molecule has 1 aromatic rings. The largest absolute Gasteiger partial charge is 0.440 e. The van der Waals surface area contributed by atoms with E-state index in [1.807, 2.05) is 0 Å². The molecule has 0 bridgehead atoms. The topological polar surface area (TPSA) is 60.7 Å². The summed E-state index contributed by atoms with van der Waals surface area (Å²) in [6.07, 6.45) is 0. The summed E-state index contributed by atoms with van der Waals surface area (Å²) in [5.41, 5.74) is 0. The van der Waals surface area contributed by atoms with Gasteiger partial charge in [0.2, 0.25) is 0 Å². The molecule has 0 heterocycles. The maximum atomic E-state index is 8.71. The molecule has 11 heavy (non-hydrogen) atoms. The molecule has 0 unspecified atom stereocenters. The fraction of sp³-hybridized carbons (Fsp3) is 0. The smallest absolute Gasteiger partial charge is 0.189 e. The Kier molecular flexibility index (Phi) is 3.93. The first-order valence-electron chi connectivity index (χ1n) is 2.73. The van der Waals surface area contributed by atoms with Gasteiger partial charge < -0.3 is 0 Å². The van der Waals surface area contributed by atoms with Crippen molar-refractivity contribution in [1.82, 2.24) is 0 Å². The first kappa shape index (κ1) is 10.8. The van der Waals surface area contributed by atoms with E-state index in [1.54, 1.807) is 18.2 Å². The summed E-state index contributed by atoms with van der Waals surface area (Å²) in [4.78, 5) is 26.1. The third-order valence-corrected chi connectivity index (χ3v) is 2.09. The Morgan fingerprint density at radius 3 is 1.64 bits per heavy atom. The molecule has 3 N–H and O–H groups in total. The van der Waals surface area contributed by atoms with Crippen LogP contribution in [0.1, 0.15) is 0 Å². The summed E-state index contributed by atoms with van der Waals surface area (Å²) in [7, 11) is -3.77. The summed E-state index contributed by atoms with van der Waals surface area (Å²) in [5.74, 6) is 0. The van der Waals surface area contributed by atoms with Gasteiger partial charge in [-0.2, -0.15) is 14.7 Å². The summed E-state index contributed by atoms with van der Waals surface area (Å²) >= 11 is 0. The zero-order valence-electron chi connectivity index (χ0n) is 5.58. The number of hydrogen-bond acceptors (Lipinski definition) is 3. The van der Waals surface area contributed by atoms with Crippen molar-refractivity contribution in [3.05, 3.63) is 30.3 Å². The average molecular weight is 196 g/mol. The molecular weight excluding hydrogens is 186 g/mol. The first-order chi connectivity index (χ1) is 4.61. The second-order valence-corrected chi connectivity index (χ2v) is 3.56. The molecule has 62 valence electrons. The predicted octanol–water partition coefficient (Wildman–Crippen LogP) is 0.473. The van der Waals surface area contributed by atoms with Gasteiger partial charge in [0.05, 0.1) is 0 Å². The van der Waals surface area contributed by atoms with Gasteiger partial charge in [-0.3, -0.25) is 0 Å². The van der Waals surface area contributed by atoms with Crippen molar-refractivity contribution in [2.24, 2.45) is 0 Å². The molecule has 0 atom stereocenters. The van der Waals surface area contributed by atoms with Crippen LogP contribution in [-0.2, 0) is 0 Å². The standard InChI is InChI=1S/C6H8O3P.ClH/c7-10(8,9)6-4-2-1-3-5-6;/h1-5,7-9H;1H/q+1;. The van der Waals surface area contributed by atoms with Gasteiger partial charge in [-0.25, -0.2) is 0 Å². The van der Waals surface area contributed by atoms with Crippen LogP contribution in [0.2, 0.25) is 0 Å². The second kappa shape index (κ2) is 4.00. The van der Waals surface area contributed by atoms with Crippen LogP contribution in [0.15, 0.2) is 30.3 Å². The Morgan fingerprint density at radius 1 is 0.909 bits per heavy atom. The molecule has 1 rings (SSSR count). The van der Waals surface area contributed by atoms with Crippen LogP contribution in [0.4, 0.5) is 0 Å². The van der Waals surface area contributed by atoms with Gasteiger partial charge in [0.1, 0.15) is 0 Å². The van der Waals surface area contributed by atoms with Crippen LogP contribution >= 0.6 is 20.4 Å². The quantitative estimate of drug-likeness (QED) is 0.571. The van der Waals surface area contributed by atoms with Crippen LogP contribution in [0.25, 0.3) is 0 Å². The van der Waals surface area contributed by atoms with Crippen LogP contribution in [0, 0.1) is 0 Å². The van der Waals surface area contributed by atoms with Crippen molar-refractivity contribution in [3.63, 3.8) is 0 Å².